The van der Waals surface area contributed by atoms with E-state index in [0.29, 0.717) is 73.2 Å². The minimum Gasteiger partial charge on any atom is -0.495 e. The van der Waals surface area contributed by atoms with Crippen molar-refractivity contribution in [1.29, 1.82) is 0 Å². The Hall–Kier alpha value is -6.05. The number of benzene rings is 2. The second-order valence-corrected chi connectivity index (χ2v) is 16.9. The maximum absolute atomic E-state index is 13.4. The number of anilines is 4. The van der Waals surface area contributed by atoms with Gasteiger partial charge in [-0.1, -0.05) is 37.7 Å². The van der Waals surface area contributed by atoms with E-state index in [1.165, 1.54) is 0 Å². The maximum Gasteiger partial charge on any atom is 0.255 e. The molecule has 1 aliphatic carbocycles. The molecule has 5 amide bonds. The van der Waals surface area contributed by atoms with Crippen LogP contribution in [0.2, 0.25) is 0 Å². The van der Waals surface area contributed by atoms with Crippen LogP contribution in [0.3, 0.4) is 0 Å². The van der Waals surface area contributed by atoms with Gasteiger partial charge >= 0.3 is 0 Å². The van der Waals surface area contributed by atoms with Crippen LogP contribution >= 0.6 is 0 Å². The zero-order chi connectivity index (χ0) is 44.0. The number of likely N-dealkylation sites (tertiary alicyclic amines) is 1. The van der Waals surface area contributed by atoms with Gasteiger partial charge in [-0.15, -0.1) is 0 Å². The van der Waals surface area contributed by atoms with E-state index in [-0.39, 0.29) is 48.2 Å². The second kappa shape index (κ2) is 19.6. The van der Waals surface area contributed by atoms with Crippen LogP contribution in [0.1, 0.15) is 109 Å². The van der Waals surface area contributed by atoms with Gasteiger partial charge in [0.1, 0.15) is 23.5 Å². The highest BCUT2D eigenvalue weighted by Gasteiger charge is 2.42. The Morgan fingerprint density at radius 2 is 1.83 bits per heavy atom. The van der Waals surface area contributed by atoms with Crippen molar-refractivity contribution in [3.8, 4) is 17.6 Å². The van der Waals surface area contributed by atoms with Gasteiger partial charge in [-0.25, -0.2) is 4.98 Å². The fourth-order valence-electron chi connectivity index (χ4n) is 9.49. The molecule has 2 saturated heterocycles. The molecule has 3 N–H and O–H groups in total. The van der Waals surface area contributed by atoms with Gasteiger partial charge in [0.25, 0.3) is 11.8 Å². The summed E-state index contributed by atoms with van der Waals surface area (Å²) in [6.45, 7) is 6.08. The molecule has 332 valence electrons. The van der Waals surface area contributed by atoms with Crippen LogP contribution in [0.15, 0.2) is 42.6 Å². The summed E-state index contributed by atoms with van der Waals surface area (Å²) in [7, 11) is 3.36. The molecule has 1 aromatic heterocycles. The molecule has 4 aliphatic heterocycles. The minimum atomic E-state index is -0.651. The zero-order valence-electron chi connectivity index (χ0n) is 36.4. The molecule has 1 unspecified atom stereocenters. The third-order valence-electron chi connectivity index (χ3n) is 13.0. The summed E-state index contributed by atoms with van der Waals surface area (Å²) in [5, 5.41) is 8.85. The van der Waals surface area contributed by atoms with Crippen molar-refractivity contribution >= 4 is 52.7 Å². The number of unbranched alkanes of at least 4 members (excludes halogenated alkanes) is 1. The lowest BCUT2D eigenvalue weighted by molar-refractivity contribution is -0.137. The lowest BCUT2D eigenvalue weighted by Gasteiger charge is -2.43. The average Bonchev–Trinajstić information content (AvgIpc) is 3.95. The first-order valence-corrected chi connectivity index (χ1v) is 22.4. The van der Waals surface area contributed by atoms with Crippen LogP contribution in [0.25, 0.3) is 0 Å². The number of piperidine rings is 2. The van der Waals surface area contributed by atoms with Crippen molar-refractivity contribution in [3.63, 3.8) is 0 Å². The number of carbonyl (C=O) groups is 5. The van der Waals surface area contributed by atoms with Crippen LogP contribution in [0, 0.1) is 11.8 Å². The number of nitrogens with zero attached hydrogens (tertiary/aromatic N) is 6. The third kappa shape index (κ3) is 9.50. The number of hydrogen-bond acceptors (Lipinski definition) is 12. The number of imide groups is 1. The first kappa shape index (κ1) is 43.6. The summed E-state index contributed by atoms with van der Waals surface area (Å²) in [5.41, 5.74) is 4.00. The molecule has 5 heterocycles. The number of nitrogens with one attached hydrogen (secondary N) is 3. The molecule has 2 atom stereocenters. The molecular weight excluding hydrogens is 803 g/mol. The number of amides is 5. The lowest BCUT2D eigenvalue weighted by Crippen LogP contribution is -2.55. The van der Waals surface area contributed by atoms with Crippen molar-refractivity contribution in [3.05, 3.63) is 64.8 Å². The number of carbonyl (C=O) groups excluding carboxylic acids is 5. The molecule has 3 aromatic rings. The molecule has 16 heteroatoms. The first-order chi connectivity index (χ1) is 30.6. The van der Waals surface area contributed by atoms with Gasteiger partial charge in [0, 0.05) is 81.4 Å². The zero-order valence-corrected chi connectivity index (χ0v) is 36.4. The Morgan fingerprint density at radius 1 is 1.02 bits per heavy atom. The predicted octanol–water partition coefficient (Wildman–Crippen LogP) is 4.54. The van der Waals surface area contributed by atoms with Crippen molar-refractivity contribution < 1.29 is 33.4 Å². The fraction of sp³-hybridized carbons (Fsp3) is 0.511. The Bertz CT molecular complexity index is 2300. The van der Waals surface area contributed by atoms with E-state index >= 15 is 0 Å². The quantitative estimate of drug-likeness (QED) is 0.117. The average molecular weight is 860 g/mol. The van der Waals surface area contributed by atoms with Gasteiger partial charge in [-0.05, 0) is 80.8 Å². The predicted molar refractivity (Wildman–Crippen MR) is 237 cm³/mol. The molecule has 3 fully saturated rings. The van der Waals surface area contributed by atoms with Gasteiger partial charge in [0.2, 0.25) is 23.7 Å². The molecule has 1 saturated carbocycles. The number of methoxy groups -OCH3 is 1. The highest BCUT2D eigenvalue weighted by molar-refractivity contribution is 6.06. The van der Waals surface area contributed by atoms with Crippen LogP contribution in [-0.2, 0) is 25.7 Å². The summed E-state index contributed by atoms with van der Waals surface area (Å²) < 4.78 is 11.6. The molecule has 8 rings (SSSR count). The van der Waals surface area contributed by atoms with Crippen molar-refractivity contribution in [2.24, 2.45) is 0 Å². The van der Waals surface area contributed by atoms with Crippen LogP contribution in [0.4, 0.5) is 23.1 Å². The number of aromatic nitrogens is 2. The SMILES string of the molecule is CC[C@@H]1C(=O)N(C)c2cnc(Nc3ccc(C(=O)NC4CCN(CCOCCCC#Cc5cccc6c5CN(C5CCC(=O)NC5=O)C6=O)CC4)cc3OC)nc2N1C1CCCC1. The standard InChI is InChI=1S/C47H57N9O7/c1-4-37-46(61)53(2)39-28-48-47(52-42(39)56(37)33-13-7-8-14-33)50-36-17-16-31(27-40(36)62-3)43(58)49-32-20-22-54(23-21-32)24-26-63-25-9-5-6-11-30-12-10-15-34-35(30)29-55(45(34)60)38-18-19-41(57)51-44(38)59/h10,12,15-17,27-28,32-33,37-38H,4-5,7-9,13-14,18-26,29H2,1-3H3,(H,49,58)(H,48,50,52)(H,51,57,59)/t37-,38?/m1/s1. The largest absolute Gasteiger partial charge is 0.495 e. The van der Waals surface area contributed by atoms with E-state index in [1.807, 2.05) is 25.1 Å². The number of ether oxygens (including phenoxy) is 2. The van der Waals surface area contributed by atoms with E-state index in [2.05, 4.69) is 42.6 Å². The Morgan fingerprint density at radius 3 is 2.59 bits per heavy atom. The summed E-state index contributed by atoms with van der Waals surface area (Å²) in [4.78, 5) is 81.1. The Balaban J connectivity index is 0.758. The number of hydrogen-bond donors (Lipinski definition) is 3. The Kier molecular flexibility index (Phi) is 13.5. The third-order valence-corrected chi connectivity index (χ3v) is 13.0. The van der Waals surface area contributed by atoms with E-state index in [4.69, 9.17) is 14.5 Å². The van der Waals surface area contributed by atoms with E-state index in [1.54, 1.807) is 48.4 Å². The van der Waals surface area contributed by atoms with E-state index in [9.17, 15) is 24.0 Å². The van der Waals surface area contributed by atoms with Crippen LogP contribution < -0.4 is 30.5 Å². The summed E-state index contributed by atoms with van der Waals surface area (Å²) in [5.74, 6) is 7.06. The highest BCUT2D eigenvalue weighted by Crippen LogP contribution is 2.40. The summed E-state index contributed by atoms with van der Waals surface area (Å²) in [6.07, 6.45) is 10.4. The van der Waals surface area contributed by atoms with Crippen molar-refractivity contribution in [2.45, 2.75) is 108 Å². The normalized spacial score (nSPS) is 20.6. The van der Waals surface area contributed by atoms with E-state index < -0.39 is 11.9 Å². The van der Waals surface area contributed by atoms with Gasteiger partial charge in [-0.3, -0.25) is 29.3 Å². The smallest absolute Gasteiger partial charge is 0.255 e. The molecule has 0 bridgehead atoms. The molecule has 0 radical (unpaired) electrons. The highest BCUT2D eigenvalue weighted by atomic mass is 16.5. The number of rotatable bonds is 14. The lowest BCUT2D eigenvalue weighted by atomic mass is 10.0. The molecule has 16 nitrogen and oxygen atoms in total. The number of fused-ring (bicyclic) bond motifs is 2. The molecule has 5 aliphatic rings. The minimum absolute atomic E-state index is 0.0603. The monoisotopic (exact) mass is 859 g/mol. The van der Waals surface area contributed by atoms with Gasteiger partial charge in [0.05, 0.1) is 25.6 Å². The first-order valence-electron chi connectivity index (χ1n) is 22.4. The van der Waals surface area contributed by atoms with Gasteiger partial charge in [0.15, 0.2) is 5.82 Å². The van der Waals surface area contributed by atoms with Crippen LogP contribution in [0.5, 0.6) is 5.75 Å². The Labute approximate surface area is 368 Å². The number of likely N-dealkylation sites (N-methyl/N-ethyl adjacent to an activating group) is 1. The molecule has 0 spiro atoms. The fourth-order valence-corrected chi connectivity index (χ4v) is 9.49. The molecule has 63 heavy (non-hydrogen) atoms. The maximum atomic E-state index is 13.4. The van der Waals surface area contributed by atoms with Crippen molar-refractivity contribution in [1.82, 2.24) is 30.4 Å². The van der Waals surface area contributed by atoms with Gasteiger partial charge < -0.3 is 39.7 Å². The molecule has 2 aromatic carbocycles. The van der Waals surface area contributed by atoms with Gasteiger partial charge in [-0.2, -0.15) is 4.98 Å². The van der Waals surface area contributed by atoms with Crippen molar-refractivity contribution in [2.75, 3.05) is 62.1 Å². The molecular formula is C47H57N9O7. The topological polar surface area (TPSA) is 179 Å². The summed E-state index contributed by atoms with van der Waals surface area (Å²) in [6, 6.07) is 10.2. The second-order valence-electron chi connectivity index (χ2n) is 16.9. The summed E-state index contributed by atoms with van der Waals surface area (Å²) >= 11 is 0. The van der Waals surface area contributed by atoms with Crippen LogP contribution in [-0.4, -0.2) is 120 Å². The van der Waals surface area contributed by atoms with E-state index in [0.717, 1.165) is 81.5 Å².